The number of anilines is 1. The van der Waals surface area contributed by atoms with Crippen LogP contribution in [0.2, 0.25) is 0 Å². The SMILES string of the molecule is Cc1cccc2c1OCC[C@@H]2NC(=O)Nc1nnc(-c2ccsc2)s1. The maximum Gasteiger partial charge on any atom is 0.321 e. The van der Waals surface area contributed by atoms with Crippen molar-refractivity contribution >= 4 is 33.8 Å². The van der Waals surface area contributed by atoms with E-state index in [1.54, 1.807) is 11.3 Å². The van der Waals surface area contributed by atoms with E-state index in [-0.39, 0.29) is 12.1 Å². The Morgan fingerprint density at radius 1 is 1.32 bits per heavy atom. The van der Waals surface area contributed by atoms with Crippen molar-refractivity contribution in [1.29, 1.82) is 0 Å². The molecule has 4 rings (SSSR count). The highest BCUT2D eigenvalue weighted by atomic mass is 32.1. The van der Waals surface area contributed by atoms with Crippen molar-refractivity contribution in [2.45, 2.75) is 19.4 Å². The highest BCUT2D eigenvalue weighted by Gasteiger charge is 2.24. The maximum absolute atomic E-state index is 12.3. The lowest BCUT2D eigenvalue weighted by Gasteiger charge is -2.27. The molecule has 2 N–H and O–H groups in total. The molecule has 0 radical (unpaired) electrons. The van der Waals surface area contributed by atoms with Crippen molar-refractivity contribution in [3.63, 3.8) is 0 Å². The Labute approximate surface area is 152 Å². The number of benzene rings is 1. The molecule has 0 fully saturated rings. The minimum Gasteiger partial charge on any atom is -0.493 e. The molecule has 0 aliphatic carbocycles. The van der Waals surface area contributed by atoms with Gasteiger partial charge in [-0.15, -0.1) is 10.2 Å². The van der Waals surface area contributed by atoms with Crippen molar-refractivity contribution < 1.29 is 9.53 Å². The van der Waals surface area contributed by atoms with E-state index in [2.05, 4.69) is 20.8 Å². The lowest BCUT2D eigenvalue weighted by Crippen LogP contribution is -2.35. The average molecular weight is 372 g/mol. The smallest absolute Gasteiger partial charge is 0.321 e. The number of aromatic nitrogens is 2. The van der Waals surface area contributed by atoms with Crippen molar-refractivity contribution in [2.75, 3.05) is 11.9 Å². The van der Waals surface area contributed by atoms with Crippen LogP contribution in [0.25, 0.3) is 10.6 Å². The van der Waals surface area contributed by atoms with Crippen LogP contribution in [0.5, 0.6) is 5.75 Å². The third-order valence-corrected chi connectivity index (χ3v) is 5.56. The van der Waals surface area contributed by atoms with Gasteiger partial charge in [0.25, 0.3) is 0 Å². The molecule has 25 heavy (non-hydrogen) atoms. The number of amides is 2. The van der Waals surface area contributed by atoms with Gasteiger partial charge >= 0.3 is 6.03 Å². The number of urea groups is 1. The Hall–Kier alpha value is -2.45. The molecule has 3 aromatic rings. The Morgan fingerprint density at radius 2 is 2.24 bits per heavy atom. The van der Waals surface area contributed by atoms with Gasteiger partial charge in [0, 0.05) is 22.9 Å². The second-order valence-electron chi connectivity index (χ2n) is 5.71. The van der Waals surface area contributed by atoms with E-state index < -0.39 is 0 Å². The lowest BCUT2D eigenvalue weighted by atomic mass is 9.98. The van der Waals surface area contributed by atoms with Crippen LogP contribution in [0.4, 0.5) is 9.93 Å². The summed E-state index contributed by atoms with van der Waals surface area (Å²) in [4.78, 5) is 12.3. The van der Waals surface area contributed by atoms with Gasteiger partial charge in [-0.1, -0.05) is 29.5 Å². The third-order valence-electron chi connectivity index (χ3n) is 3.99. The zero-order valence-electron chi connectivity index (χ0n) is 13.5. The van der Waals surface area contributed by atoms with Crippen molar-refractivity contribution in [3.05, 3.63) is 46.2 Å². The van der Waals surface area contributed by atoms with Crippen LogP contribution in [-0.2, 0) is 0 Å². The highest BCUT2D eigenvalue weighted by Crippen LogP contribution is 2.34. The predicted molar refractivity (Wildman–Crippen MR) is 99.4 cm³/mol. The minimum absolute atomic E-state index is 0.0760. The van der Waals surface area contributed by atoms with E-state index in [0.717, 1.165) is 33.9 Å². The van der Waals surface area contributed by atoms with Crippen LogP contribution in [0.3, 0.4) is 0 Å². The minimum atomic E-state index is -0.285. The summed E-state index contributed by atoms with van der Waals surface area (Å²) < 4.78 is 5.74. The largest absolute Gasteiger partial charge is 0.493 e. The normalized spacial score (nSPS) is 16.0. The number of fused-ring (bicyclic) bond motifs is 1. The number of hydrogen-bond donors (Lipinski definition) is 2. The Kier molecular flexibility index (Phi) is 4.37. The van der Waals surface area contributed by atoms with E-state index in [1.165, 1.54) is 11.3 Å². The van der Waals surface area contributed by atoms with E-state index in [4.69, 9.17) is 4.74 Å². The summed E-state index contributed by atoms with van der Waals surface area (Å²) in [5.41, 5.74) is 3.11. The Bertz CT molecular complexity index is 892. The molecule has 1 atom stereocenters. The summed E-state index contributed by atoms with van der Waals surface area (Å²) >= 11 is 2.96. The molecule has 0 saturated carbocycles. The molecule has 8 heteroatoms. The fourth-order valence-electron chi connectivity index (χ4n) is 2.80. The first-order chi connectivity index (χ1) is 12.2. The van der Waals surface area contributed by atoms with Gasteiger partial charge in [0.2, 0.25) is 5.13 Å². The van der Waals surface area contributed by atoms with E-state index in [1.807, 2.05) is 41.9 Å². The van der Waals surface area contributed by atoms with Gasteiger partial charge in [0.15, 0.2) is 0 Å². The average Bonchev–Trinajstić information content (AvgIpc) is 3.27. The van der Waals surface area contributed by atoms with Gasteiger partial charge in [0.1, 0.15) is 10.8 Å². The topological polar surface area (TPSA) is 76.1 Å². The van der Waals surface area contributed by atoms with E-state index >= 15 is 0 Å². The fraction of sp³-hybridized carbons (Fsp3) is 0.235. The summed E-state index contributed by atoms with van der Waals surface area (Å²) in [5.74, 6) is 0.870. The van der Waals surface area contributed by atoms with Gasteiger partial charge in [0.05, 0.1) is 12.6 Å². The fourth-order valence-corrected chi connectivity index (χ4v) is 4.25. The van der Waals surface area contributed by atoms with Gasteiger partial charge in [-0.25, -0.2) is 4.79 Å². The number of aryl methyl sites for hydroxylation is 1. The van der Waals surface area contributed by atoms with Crippen molar-refractivity contribution in [3.8, 4) is 16.3 Å². The van der Waals surface area contributed by atoms with Crippen LogP contribution < -0.4 is 15.4 Å². The van der Waals surface area contributed by atoms with Crippen LogP contribution >= 0.6 is 22.7 Å². The van der Waals surface area contributed by atoms with Crippen LogP contribution in [0, 0.1) is 6.92 Å². The molecule has 6 nitrogen and oxygen atoms in total. The lowest BCUT2D eigenvalue weighted by molar-refractivity contribution is 0.231. The first kappa shape index (κ1) is 16.0. The highest BCUT2D eigenvalue weighted by molar-refractivity contribution is 7.19. The molecule has 0 bridgehead atoms. The van der Waals surface area contributed by atoms with Crippen LogP contribution in [0.1, 0.15) is 23.6 Å². The summed E-state index contributed by atoms with van der Waals surface area (Å²) in [5, 5.41) is 19.2. The van der Waals surface area contributed by atoms with E-state index in [9.17, 15) is 4.79 Å². The quantitative estimate of drug-likeness (QED) is 0.722. The number of thiophene rings is 1. The molecule has 0 saturated heterocycles. The molecule has 0 spiro atoms. The van der Waals surface area contributed by atoms with Gasteiger partial charge in [-0.3, -0.25) is 5.32 Å². The number of rotatable bonds is 3. The zero-order chi connectivity index (χ0) is 17.2. The monoisotopic (exact) mass is 372 g/mol. The van der Waals surface area contributed by atoms with Gasteiger partial charge in [-0.05, 0) is 23.9 Å². The van der Waals surface area contributed by atoms with Crippen molar-refractivity contribution in [2.24, 2.45) is 0 Å². The number of hydrogen-bond acceptors (Lipinski definition) is 6. The summed E-state index contributed by atoms with van der Waals surface area (Å²) in [7, 11) is 0. The second kappa shape index (κ2) is 6.81. The number of carbonyl (C=O) groups is 1. The molecule has 1 aromatic carbocycles. The first-order valence-electron chi connectivity index (χ1n) is 7.86. The Morgan fingerprint density at radius 3 is 3.08 bits per heavy atom. The summed E-state index contributed by atoms with van der Waals surface area (Å²) in [6.45, 7) is 2.60. The van der Waals surface area contributed by atoms with E-state index in [0.29, 0.717) is 11.7 Å². The maximum atomic E-state index is 12.3. The molecular formula is C17H16N4O2S2. The molecule has 3 heterocycles. The summed E-state index contributed by atoms with van der Waals surface area (Å²) in [6.07, 6.45) is 0.736. The van der Waals surface area contributed by atoms with Crippen LogP contribution in [0.15, 0.2) is 35.0 Å². The zero-order valence-corrected chi connectivity index (χ0v) is 15.1. The molecule has 2 aromatic heterocycles. The second-order valence-corrected chi connectivity index (χ2v) is 7.46. The van der Waals surface area contributed by atoms with Crippen LogP contribution in [-0.4, -0.2) is 22.8 Å². The third kappa shape index (κ3) is 3.35. The molecular weight excluding hydrogens is 356 g/mol. The molecule has 1 aliphatic rings. The Balaban J connectivity index is 1.44. The number of nitrogens with zero attached hydrogens (tertiary/aromatic N) is 2. The molecule has 128 valence electrons. The first-order valence-corrected chi connectivity index (χ1v) is 9.62. The summed E-state index contributed by atoms with van der Waals surface area (Å²) in [6, 6.07) is 7.60. The molecule has 0 unspecified atom stereocenters. The number of ether oxygens (including phenoxy) is 1. The van der Waals surface area contributed by atoms with Gasteiger partial charge < -0.3 is 10.1 Å². The standard InChI is InChI=1S/C17H16N4O2S2/c1-10-3-2-4-12-13(5-7-23-14(10)12)18-16(22)19-17-21-20-15(25-17)11-6-8-24-9-11/h2-4,6,8-9,13H,5,7H2,1H3,(H2,18,19,21,22)/t13-/m0/s1. The number of carbonyl (C=O) groups excluding carboxylic acids is 1. The molecule has 2 amide bonds. The predicted octanol–water partition coefficient (Wildman–Crippen LogP) is 4.22. The van der Waals surface area contributed by atoms with Gasteiger partial charge in [-0.2, -0.15) is 11.3 Å². The number of nitrogens with one attached hydrogen (secondary N) is 2. The van der Waals surface area contributed by atoms with Crippen molar-refractivity contribution in [1.82, 2.24) is 15.5 Å². The molecule has 1 aliphatic heterocycles. The number of para-hydroxylation sites is 1.